The van der Waals surface area contributed by atoms with Crippen molar-refractivity contribution in [1.29, 1.82) is 0 Å². The van der Waals surface area contributed by atoms with Gasteiger partial charge in [-0.1, -0.05) is 13.0 Å². The molecule has 0 bridgehead atoms. The molecule has 0 unspecified atom stereocenters. The van der Waals surface area contributed by atoms with E-state index in [0.717, 1.165) is 17.7 Å². The summed E-state index contributed by atoms with van der Waals surface area (Å²) in [4.78, 5) is 17.8. The molecule has 4 nitrogen and oxygen atoms in total. The Balaban J connectivity index is 2.03. The molecule has 0 radical (unpaired) electrons. The third-order valence-electron chi connectivity index (χ3n) is 2.64. The minimum absolute atomic E-state index is 0.173. The van der Waals surface area contributed by atoms with Crippen LogP contribution < -0.4 is 5.43 Å². The molecule has 2 heterocycles. The second-order valence-corrected chi connectivity index (χ2v) is 5.17. The highest BCUT2D eigenvalue weighted by molar-refractivity contribution is 7.14. The van der Waals surface area contributed by atoms with E-state index in [1.807, 2.05) is 31.2 Å². The molecule has 0 saturated carbocycles. The topological polar surface area (TPSA) is 54.4 Å². The van der Waals surface area contributed by atoms with Gasteiger partial charge in [-0.05, 0) is 31.5 Å². The predicted molar refractivity (Wildman–Crippen MR) is 77.6 cm³/mol. The van der Waals surface area contributed by atoms with E-state index in [2.05, 4.69) is 22.4 Å². The Morgan fingerprint density at radius 2 is 2.26 bits per heavy atom. The molecule has 5 heteroatoms. The zero-order chi connectivity index (χ0) is 13.7. The summed E-state index contributed by atoms with van der Waals surface area (Å²) in [6.07, 6.45) is 4.36. The van der Waals surface area contributed by atoms with Gasteiger partial charge in [0, 0.05) is 22.8 Å². The molecule has 0 fully saturated rings. The van der Waals surface area contributed by atoms with Gasteiger partial charge in [0.2, 0.25) is 0 Å². The lowest BCUT2D eigenvalue weighted by molar-refractivity contribution is 0.0959. The van der Waals surface area contributed by atoms with Gasteiger partial charge in [-0.15, -0.1) is 11.3 Å². The standard InChI is InChI=1S/C14H15N3OS/c1-3-12-6-7-13(19-12)14(18)17-16-10(2)11-5-4-8-15-9-11/h4-9H,3H2,1-2H3,(H,17,18)/b16-10-. The zero-order valence-corrected chi connectivity index (χ0v) is 11.7. The lowest BCUT2D eigenvalue weighted by Gasteiger charge is -2.00. The lowest BCUT2D eigenvalue weighted by Crippen LogP contribution is -2.18. The highest BCUT2D eigenvalue weighted by Crippen LogP contribution is 2.16. The second kappa shape index (κ2) is 6.24. The molecule has 0 atom stereocenters. The van der Waals surface area contributed by atoms with Crippen molar-refractivity contribution in [2.75, 3.05) is 0 Å². The lowest BCUT2D eigenvalue weighted by atomic mass is 10.2. The number of carbonyl (C=O) groups excluding carboxylic acids is 1. The number of aromatic nitrogens is 1. The van der Waals surface area contributed by atoms with Crippen LogP contribution in [0, 0.1) is 0 Å². The summed E-state index contributed by atoms with van der Waals surface area (Å²) in [5, 5.41) is 4.09. The van der Waals surface area contributed by atoms with Gasteiger partial charge in [0.1, 0.15) is 0 Å². The van der Waals surface area contributed by atoms with Crippen LogP contribution in [0.3, 0.4) is 0 Å². The van der Waals surface area contributed by atoms with E-state index >= 15 is 0 Å². The van der Waals surface area contributed by atoms with E-state index in [4.69, 9.17) is 0 Å². The van der Waals surface area contributed by atoms with Crippen molar-refractivity contribution >= 4 is 23.0 Å². The number of amides is 1. The molecule has 0 aliphatic heterocycles. The summed E-state index contributed by atoms with van der Waals surface area (Å²) in [7, 11) is 0. The molecule has 1 N–H and O–H groups in total. The Labute approximate surface area is 116 Å². The van der Waals surface area contributed by atoms with Gasteiger partial charge in [-0.3, -0.25) is 9.78 Å². The number of hydrogen-bond donors (Lipinski definition) is 1. The first-order valence-corrected chi connectivity index (χ1v) is 6.86. The summed E-state index contributed by atoms with van der Waals surface area (Å²) in [6.45, 7) is 3.90. The number of pyridine rings is 1. The van der Waals surface area contributed by atoms with Crippen LogP contribution >= 0.6 is 11.3 Å². The van der Waals surface area contributed by atoms with E-state index in [1.165, 1.54) is 16.2 Å². The van der Waals surface area contributed by atoms with E-state index in [-0.39, 0.29) is 5.91 Å². The first kappa shape index (κ1) is 13.4. The maximum Gasteiger partial charge on any atom is 0.281 e. The fourth-order valence-electron chi connectivity index (χ4n) is 1.52. The predicted octanol–water partition coefficient (Wildman–Crippen LogP) is 2.86. The third kappa shape index (κ3) is 3.48. The van der Waals surface area contributed by atoms with E-state index in [0.29, 0.717) is 4.88 Å². The smallest absolute Gasteiger partial charge is 0.266 e. The largest absolute Gasteiger partial charge is 0.281 e. The minimum Gasteiger partial charge on any atom is -0.266 e. The number of hydrogen-bond acceptors (Lipinski definition) is 4. The first-order chi connectivity index (χ1) is 9.20. The highest BCUT2D eigenvalue weighted by Gasteiger charge is 2.07. The second-order valence-electron chi connectivity index (χ2n) is 4.00. The van der Waals surface area contributed by atoms with Gasteiger partial charge in [-0.25, -0.2) is 5.43 Å². The minimum atomic E-state index is -0.173. The van der Waals surface area contributed by atoms with E-state index in [1.54, 1.807) is 12.4 Å². The molecule has 0 spiro atoms. The van der Waals surface area contributed by atoms with Crippen LogP contribution in [0.2, 0.25) is 0 Å². The average Bonchev–Trinajstić information content (AvgIpc) is 2.94. The molecule has 19 heavy (non-hydrogen) atoms. The molecule has 2 aromatic heterocycles. The van der Waals surface area contributed by atoms with E-state index in [9.17, 15) is 4.79 Å². The van der Waals surface area contributed by atoms with Crippen LogP contribution in [0.1, 0.15) is 34.0 Å². The molecule has 0 saturated heterocycles. The molecule has 0 aliphatic rings. The highest BCUT2D eigenvalue weighted by atomic mass is 32.1. The van der Waals surface area contributed by atoms with Gasteiger partial charge in [0.25, 0.3) is 5.91 Å². The quantitative estimate of drug-likeness (QED) is 0.688. The monoisotopic (exact) mass is 273 g/mol. The summed E-state index contributed by atoms with van der Waals surface area (Å²) in [6, 6.07) is 7.53. The molecule has 2 rings (SSSR count). The Hall–Kier alpha value is -2.01. The average molecular weight is 273 g/mol. The van der Waals surface area contributed by atoms with Gasteiger partial charge in [-0.2, -0.15) is 5.10 Å². The van der Waals surface area contributed by atoms with E-state index < -0.39 is 0 Å². The SMILES string of the molecule is CCc1ccc(C(=O)N/N=C(/C)c2cccnc2)s1. The van der Waals surface area contributed by atoms with Crippen LogP contribution in [0.5, 0.6) is 0 Å². The van der Waals surface area contributed by atoms with Crippen molar-refractivity contribution in [2.24, 2.45) is 5.10 Å². The normalized spacial score (nSPS) is 11.4. The molecular weight excluding hydrogens is 258 g/mol. The number of nitrogens with one attached hydrogen (secondary N) is 1. The van der Waals surface area contributed by atoms with Crippen LogP contribution in [-0.4, -0.2) is 16.6 Å². The van der Waals surface area contributed by atoms with Crippen LogP contribution in [-0.2, 0) is 6.42 Å². The molecular formula is C14H15N3OS. The maximum atomic E-state index is 11.9. The number of hydrazone groups is 1. The van der Waals surface area contributed by atoms with Gasteiger partial charge >= 0.3 is 0 Å². The molecule has 1 amide bonds. The number of carbonyl (C=O) groups is 1. The number of aryl methyl sites for hydroxylation is 1. The van der Waals surface area contributed by atoms with Crippen molar-refractivity contribution in [3.63, 3.8) is 0 Å². The number of thiophene rings is 1. The van der Waals surface area contributed by atoms with Crippen LogP contribution in [0.25, 0.3) is 0 Å². The van der Waals surface area contributed by atoms with Crippen LogP contribution in [0.4, 0.5) is 0 Å². The zero-order valence-electron chi connectivity index (χ0n) is 10.9. The molecule has 98 valence electrons. The summed E-state index contributed by atoms with van der Waals surface area (Å²) < 4.78 is 0. The molecule has 0 aliphatic carbocycles. The Morgan fingerprint density at radius 3 is 2.89 bits per heavy atom. The number of rotatable bonds is 4. The van der Waals surface area contributed by atoms with Crippen LogP contribution in [0.15, 0.2) is 41.8 Å². The Kier molecular flexibility index (Phi) is 4.41. The van der Waals surface area contributed by atoms with Crippen molar-refractivity contribution in [2.45, 2.75) is 20.3 Å². The fourth-order valence-corrected chi connectivity index (χ4v) is 2.36. The van der Waals surface area contributed by atoms with Crippen molar-refractivity contribution < 1.29 is 4.79 Å². The first-order valence-electron chi connectivity index (χ1n) is 6.04. The Morgan fingerprint density at radius 1 is 1.42 bits per heavy atom. The van der Waals surface area contributed by atoms with Crippen molar-refractivity contribution in [1.82, 2.24) is 10.4 Å². The summed E-state index contributed by atoms with van der Waals surface area (Å²) in [5.74, 6) is -0.173. The molecule has 0 aromatic carbocycles. The third-order valence-corrected chi connectivity index (χ3v) is 3.87. The fraction of sp³-hybridized carbons (Fsp3) is 0.214. The van der Waals surface area contributed by atoms with Gasteiger partial charge < -0.3 is 0 Å². The number of nitrogens with zero attached hydrogens (tertiary/aromatic N) is 2. The Bertz CT molecular complexity index is 590. The van der Waals surface area contributed by atoms with Gasteiger partial charge in [0.15, 0.2) is 0 Å². The maximum absolute atomic E-state index is 11.9. The van der Waals surface area contributed by atoms with Crippen molar-refractivity contribution in [3.8, 4) is 0 Å². The molecule has 2 aromatic rings. The summed E-state index contributed by atoms with van der Waals surface area (Å²) in [5.41, 5.74) is 4.19. The summed E-state index contributed by atoms with van der Waals surface area (Å²) >= 11 is 1.49. The van der Waals surface area contributed by atoms with Crippen molar-refractivity contribution in [3.05, 3.63) is 52.0 Å². The van der Waals surface area contributed by atoms with Gasteiger partial charge in [0.05, 0.1) is 10.6 Å².